The van der Waals surface area contributed by atoms with Gasteiger partial charge in [-0.05, 0) is 37.3 Å². The zero-order valence-electron chi connectivity index (χ0n) is 10.8. The summed E-state index contributed by atoms with van der Waals surface area (Å²) >= 11 is 1.41. The summed E-state index contributed by atoms with van der Waals surface area (Å²) in [6.07, 6.45) is 2.38. The second-order valence-electron chi connectivity index (χ2n) is 4.57. The molecule has 0 spiro atoms. The first-order valence-corrected chi connectivity index (χ1v) is 7.44. The highest BCUT2D eigenvalue weighted by atomic mass is 32.1. The Morgan fingerprint density at radius 1 is 1.53 bits per heavy atom. The summed E-state index contributed by atoms with van der Waals surface area (Å²) in [5.41, 5.74) is 5.39. The first-order chi connectivity index (χ1) is 9.24. The normalized spacial score (nSPS) is 18.6. The molecule has 1 unspecified atom stereocenters. The van der Waals surface area contributed by atoms with E-state index in [9.17, 15) is 9.59 Å². The van der Waals surface area contributed by atoms with Gasteiger partial charge in [0.05, 0.1) is 4.88 Å². The second-order valence-corrected chi connectivity index (χ2v) is 5.51. The van der Waals surface area contributed by atoms with Crippen LogP contribution in [0.1, 0.15) is 28.9 Å². The van der Waals surface area contributed by atoms with Gasteiger partial charge in [-0.2, -0.15) is 0 Å². The molecule has 2 amide bonds. The minimum absolute atomic E-state index is 0.0357. The van der Waals surface area contributed by atoms with Crippen LogP contribution in [0.15, 0.2) is 17.5 Å². The van der Waals surface area contributed by atoms with Gasteiger partial charge in [0.1, 0.15) is 6.04 Å². The van der Waals surface area contributed by atoms with E-state index < -0.39 is 0 Å². The Morgan fingerprint density at radius 2 is 2.37 bits per heavy atom. The van der Waals surface area contributed by atoms with Crippen molar-refractivity contribution in [1.29, 1.82) is 0 Å². The van der Waals surface area contributed by atoms with E-state index in [0.717, 1.165) is 19.3 Å². The van der Waals surface area contributed by atoms with Gasteiger partial charge in [0.15, 0.2) is 0 Å². The van der Waals surface area contributed by atoms with Crippen molar-refractivity contribution in [1.82, 2.24) is 10.2 Å². The molecule has 0 radical (unpaired) electrons. The van der Waals surface area contributed by atoms with E-state index in [0.29, 0.717) is 24.5 Å². The van der Waals surface area contributed by atoms with Crippen molar-refractivity contribution in [2.24, 2.45) is 5.73 Å². The van der Waals surface area contributed by atoms with Crippen LogP contribution in [0.3, 0.4) is 0 Å². The number of hydrogen-bond acceptors (Lipinski definition) is 4. The molecule has 104 valence electrons. The number of thiophene rings is 1. The number of rotatable bonds is 5. The Labute approximate surface area is 116 Å². The van der Waals surface area contributed by atoms with Crippen LogP contribution < -0.4 is 11.1 Å². The molecule has 1 fully saturated rings. The predicted molar refractivity (Wildman–Crippen MR) is 75.1 cm³/mol. The molecule has 19 heavy (non-hydrogen) atoms. The molecule has 1 aliphatic rings. The Bertz CT molecular complexity index is 433. The number of nitrogens with zero attached hydrogens (tertiary/aromatic N) is 1. The van der Waals surface area contributed by atoms with Crippen LogP contribution in [0.2, 0.25) is 0 Å². The summed E-state index contributed by atoms with van der Waals surface area (Å²) < 4.78 is 0. The third-order valence-electron chi connectivity index (χ3n) is 3.23. The van der Waals surface area contributed by atoms with Crippen LogP contribution in [0.4, 0.5) is 0 Å². The smallest absolute Gasteiger partial charge is 0.264 e. The molecule has 1 atom stereocenters. The first-order valence-electron chi connectivity index (χ1n) is 6.56. The van der Waals surface area contributed by atoms with Crippen molar-refractivity contribution in [2.45, 2.75) is 25.3 Å². The number of nitrogens with two attached hydrogens (primary N) is 1. The quantitative estimate of drug-likeness (QED) is 0.785. The largest absolute Gasteiger partial charge is 0.354 e. The molecule has 0 bridgehead atoms. The average molecular weight is 281 g/mol. The summed E-state index contributed by atoms with van der Waals surface area (Å²) in [4.78, 5) is 26.7. The van der Waals surface area contributed by atoms with Gasteiger partial charge in [0.25, 0.3) is 5.91 Å². The highest BCUT2D eigenvalue weighted by molar-refractivity contribution is 7.12. The maximum Gasteiger partial charge on any atom is 0.264 e. The fourth-order valence-electron chi connectivity index (χ4n) is 2.26. The summed E-state index contributed by atoms with van der Waals surface area (Å²) in [5.74, 6) is -0.0951. The fraction of sp³-hybridized carbons (Fsp3) is 0.538. The lowest BCUT2D eigenvalue weighted by Crippen LogP contribution is -2.46. The van der Waals surface area contributed by atoms with E-state index in [4.69, 9.17) is 5.73 Å². The Kier molecular flexibility index (Phi) is 4.93. The van der Waals surface area contributed by atoms with Crippen LogP contribution in [-0.2, 0) is 4.79 Å². The monoisotopic (exact) mass is 281 g/mol. The lowest BCUT2D eigenvalue weighted by Gasteiger charge is -2.23. The molecule has 1 aromatic rings. The molecule has 2 rings (SSSR count). The maximum absolute atomic E-state index is 12.3. The van der Waals surface area contributed by atoms with E-state index in [1.807, 2.05) is 11.4 Å². The minimum Gasteiger partial charge on any atom is -0.354 e. The van der Waals surface area contributed by atoms with Gasteiger partial charge in [0.2, 0.25) is 5.91 Å². The van der Waals surface area contributed by atoms with Crippen molar-refractivity contribution in [2.75, 3.05) is 19.6 Å². The summed E-state index contributed by atoms with van der Waals surface area (Å²) in [7, 11) is 0. The number of likely N-dealkylation sites (tertiary alicyclic amines) is 1. The number of carbonyl (C=O) groups excluding carboxylic acids is 2. The second kappa shape index (κ2) is 6.68. The van der Waals surface area contributed by atoms with Crippen molar-refractivity contribution in [3.8, 4) is 0 Å². The number of carbonyl (C=O) groups is 2. The highest BCUT2D eigenvalue weighted by Gasteiger charge is 2.34. The Hall–Kier alpha value is -1.40. The van der Waals surface area contributed by atoms with Gasteiger partial charge in [-0.25, -0.2) is 0 Å². The average Bonchev–Trinajstić information content (AvgIpc) is 3.09. The third kappa shape index (κ3) is 3.33. The lowest BCUT2D eigenvalue weighted by molar-refractivity contribution is -0.124. The van der Waals surface area contributed by atoms with Crippen molar-refractivity contribution in [3.05, 3.63) is 22.4 Å². The third-order valence-corrected chi connectivity index (χ3v) is 4.09. The molecule has 0 aliphatic carbocycles. The lowest BCUT2D eigenvalue weighted by atomic mass is 10.2. The molecule has 1 aromatic heterocycles. The van der Waals surface area contributed by atoms with Crippen molar-refractivity contribution >= 4 is 23.2 Å². The summed E-state index contributed by atoms with van der Waals surface area (Å²) in [6, 6.07) is 3.33. The van der Waals surface area contributed by atoms with Gasteiger partial charge >= 0.3 is 0 Å². The van der Waals surface area contributed by atoms with Gasteiger partial charge in [-0.3, -0.25) is 9.59 Å². The van der Waals surface area contributed by atoms with Gasteiger partial charge in [-0.1, -0.05) is 6.07 Å². The summed E-state index contributed by atoms with van der Waals surface area (Å²) in [5, 5.41) is 4.72. The van der Waals surface area contributed by atoms with Crippen molar-refractivity contribution in [3.63, 3.8) is 0 Å². The van der Waals surface area contributed by atoms with Crippen LogP contribution >= 0.6 is 11.3 Å². The Morgan fingerprint density at radius 3 is 3.05 bits per heavy atom. The Balaban J connectivity index is 1.96. The van der Waals surface area contributed by atoms with E-state index >= 15 is 0 Å². The van der Waals surface area contributed by atoms with E-state index in [1.54, 1.807) is 11.0 Å². The van der Waals surface area contributed by atoms with Crippen LogP contribution in [0.25, 0.3) is 0 Å². The molecule has 5 nitrogen and oxygen atoms in total. The molecule has 0 saturated carbocycles. The van der Waals surface area contributed by atoms with E-state index in [-0.39, 0.29) is 17.9 Å². The maximum atomic E-state index is 12.3. The molecular formula is C13H19N3O2S. The molecule has 6 heteroatoms. The predicted octanol–water partition coefficient (Wildman–Crippen LogP) is 0.818. The number of nitrogens with one attached hydrogen (secondary N) is 1. The fourth-order valence-corrected chi connectivity index (χ4v) is 2.93. The number of hydrogen-bond donors (Lipinski definition) is 2. The SMILES string of the molecule is NCCCNC(=O)C1CCCN1C(=O)c1cccs1. The zero-order valence-corrected chi connectivity index (χ0v) is 11.6. The topological polar surface area (TPSA) is 75.4 Å². The van der Waals surface area contributed by atoms with Gasteiger partial charge in [0, 0.05) is 13.1 Å². The van der Waals surface area contributed by atoms with Gasteiger partial charge < -0.3 is 16.0 Å². The molecular weight excluding hydrogens is 262 g/mol. The van der Waals surface area contributed by atoms with Crippen molar-refractivity contribution < 1.29 is 9.59 Å². The molecule has 0 aromatic carbocycles. The van der Waals surface area contributed by atoms with Crippen LogP contribution in [0.5, 0.6) is 0 Å². The van der Waals surface area contributed by atoms with Crippen LogP contribution in [0, 0.1) is 0 Å². The molecule has 1 aliphatic heterocycles. The standard InChI is InChI=1S/C13H19N3O2S/c14-6-3-7-15-12(17)10-4-1-8-16(10)13(18)11-5-2-9-19-11/h2,5,9-10H,1,3-4,6-8,14H2,(H,15,17). The van der Waals surface area contributed by atoms with E-state index in [1.165, 1.54) is 11.3 Å². The first kappa shape index (κ1) is 14.0. The highest BCUT2D eigenvalue weighted by Crippen LogP contribution is 2.22. The molecule has 1 saturated heterocycles. The van der Waals surface area contributed by atoms with Crippen LogP contribution in [-0.4, -0.2) is 42.4 Å². The van der Waals surface area contributed by atoms with E-state index in [2.05, 4.69) is 5.32 Å². The summed E-state index contributed by atoms with van der Waals surface area (Å²) in [6.45, 7) is 1.79. The zero-order chi connectivity index (χ0) is 13.7. The van der Waals surface area contributed by atoms with Gasteiger partial charge in [-0.15, -0.1) is 11.3 Å². The molecule has 3 N–H and O–H groups in total. The minimum atomic E-state index is -0.327. The number of amides is 2. The molecule has 2 heterocycles.